The summed E-state index contributed by atoms with van der Waals surface area (Å²) in [7, 11) is 0. The van der Waals surface area contributed by atoms with Gasteiger partial charge < -0.3 is 10.8 Å². The van der Waals surface area contributed by atoms with Crippen molar-refractivity contribution in [2.75, 3.05) is 11.4 Å². The second-order valence-electron chi connectivity index (χ2n) is 9.49. The number of carboxylic acid groups (broad SMARTS) is 1. The normalized spacial score (nSPS) is 20.0. The zero-order chi connectivity index (χ0) is 22.3. The lowest BCUT2D eigenvalue weighted by atomic mass is 9.83. The first-order valence-corrected chi connectivity index (χ1v) is 11.3. The summed E-state index contributed by atoms with van der Waals surface area (Å²) >= 11 is 0. The molecular formula is C22H38F2N4O2. The van der Waals surface area contributed by atoms with Crippen LogP contribution < -0.4 is 10.6 Å². The van der Waals surface area contributed by atoms with E-state index in [1.54, 1.807) is 25.5 Å². The van der Waals surface area contributed by atoms with E-state index in [1.165, 1.54) is 38.3 Å². The molecule has 172 valence electrons. The van der Waals surface area contributed by atoms with E-state index in [9.17, 15) is 18.7 Å². The molecule has 6 nitrogen and oxygen atoms in total. The zero-order valence-corrected chi connectivity index (χ0v) is 18.6. The van der Waals surface area contributed by atoms with E-state index < -0.39 is 23.8 Å². The molecule has 0 spiro atoms. The Morgan fingerprint density at radius 2 is 1.80 bits per heavy atom. The fraction of sp³-hybridized carbons (Fsp3) is 0.818. The van der Waals surface area contributed by atoms with Gasteiger partial charge in [-0.15, -0.1) is 0 Å². The van der Waals surface area contributed by atoms with Gasteiger partial charge in [0.1, 0.15) is 0 Å². The highest BCUT2D eigenvalue weighted by Gasteiger charge is 2.35. The van der Waals surface area contributed by atoms with E-state index in [0.29, 0.717) is 5.92 Å². The Bertz CT molecular complexity index is 665. The molecule has 30 heavy (non-hydrogen) atoms. The van der Waals surface area contributed by atoms with Crippen LogP contribution >= 0.6 is 0 Å². The van der Waals surface area contributed by atoms with Crippen LogP contribution in [0.2, 0.25) is 0 Å². The Kier molecular flexibility index (Phi) is 9.07. The maximum Gasteiger partial charge on any atom is 0.412 e. The molecule has 1 fully saturated rings. The average Bonchev–Trinajstić information content (AvgIpc) is 3.08. The molecule has 1 aromatic rings. The minimum Gasteiger partial charge on any atom is -0.465 e. The number of aromatic nitrogens is 2. The first-order chi connectivity index (χ1) is 14.1. The van der Waals surface area contributed by atoms with Gasteiger partial charge in [-0.25, -0.2) is 13.6 Å². The highest BCUT2D eigenvalue weighted by atomic mass is 19.3. The van der Waals surface area contributed by atoms with Gasteiger partial charge in [0.15, 0.2) is 5.69 Å². The van der Waals surface area contributed by atoms with Crippen molar-refractivity contribution >= 4 is 11.8 Å². The largest absolute Gasteiger partial charge is 0.465 e. The van der Waals surface area contributed by atoms with Crippen LogP contribution in [0.4, 0.5) is 19.3 Å². The molecule has 0 bridgehead atoms. The molecule has 8 heteroatoms. The molecule has 0 saturated heterocycles. The van der Waals surface area contributed by atoms with Crippen LogP contribution in [-0.2, 0) is 0 Å². The van der Waals surface area contributed by atoms with Crippen LogP contribution in [0, 0.1) is 5.92 Å². The lowest BCUT2D eigenvalue weighted by molar-refractivity contribution is 0.143. The lowest BCUT2D eigenvalue weighted by Gasteiger charge is -2.32. The standard InChI is InChI=1S/C22H38F2N4O2/c1-22(2,3)28(21(29)30)18-15-27(26-19(18)20(23)24)17-12-10-16(11-13-17)9-7-5-4-6-8-14-25/h15-17,20H,4-14,25H2,1-3H3,(H,29,30). The van der Waals surface area contributed by atoms with Crippen molar-refractivity contribution in [2.24, 2.45) is 11.7 Å². The average molecular weight is 429 g/mol. The van der Waals surface area contributed by atoms with Gasteiger partial charge >= 0.3 is 6.09 Å². The third-order valence-electron chi connectivity index (χ3n) is 6.06. The molecular weight excluding hydrogens is 390 g/mol. The van der Waals surface area contributed by atoms with E-state index in [-0.39, 0.29) is 11.7 Å². The molecule has 0 atom stereocenters. The molecule has 1 amide bonds. The number of rotatable bonds is 10. The van der Waals surface area contributed by atoms with Crippen LogP contribution in [0.5, 0.6) is 0 Å². The summed E-state index contributed by atoms with van der Waals surface area (Å²) in [5.74, 6) is 0.686. The summed E-state index contributed by atoms with van der Waals surface area (Å²) in [6.07, 6.45) is 8.61. The number of halogens is 2. The molecule has 1 heterocycles. The van der Waals surface area contributed by atoms with Crippen LogP contribution in [-0.4, -0.2) is 33.1 Å². The van der Waals surface area contributed by atoms with Crippen LogP contribution in [0.3, 0.4) is 0 Å². The van der Waals surface area contributed by atoms with Crippen molar-refractivity contribution in [3.63, 3.8) is 0 Å². The van der Waals surface area contributed by atoms with Gasteiger partial charge in [0.25, 0.3) is 6.43 Å². The molecule has 1 aliphatic carbocycles. The lowest BCUT2D eigenvalue weighted by Crippen LogP contribution is -2.45. The molecule has 0 aromatic carbocycles. The summed E-state index contributed by atoms with van der Waals surface area (Å²) in [6, 6.07) is 0.0488. The Labute approximate surface area is 178 Å². The van der Waals surface area contributed by atoms with Crippen LogP contribution in [0.1, 0.15) is 103 Å². The number of nitrogens with two attached hydrogens (primary N) is 1. The van der Waals surface area contributed by atoms with E-state index >= 15 is 0 Å². The van der Waals surface area contributed by atoms with Crippen molar-refractivity contribution in [3.05, 3.63) is 11.9 Å². The monoisotopic (exact) mass is 428 g/mol. The van der Waals surface area contributed by atoms with Crippen molar-refractivity contribution < 1.29 is 18.7 Å². The summed E-state index contributed by atoms with van der Waals surface area (Å²) in [4.78, 5) is 12.8. The first-order valence-electron chi connectivity index (χ1n) is 11.3. The number of carbonyl (C=O) groups is 1. The number of anilines is 1. The highest BCUT2D eigenvalue weighted by Crippen LogP contribution is 2.38. The SMILES string of the molecule is CC(C)(C)N(C(=O)O)c1cn(C2CCC(CCCCCCCN)CC2)nc1C(F)F. The van der Waals surface area contributed by atoms with Gasteiger partial charge in [0.2, 0.25) is 0 Å². The molecule has 1 aliphatic rings. The fourth-order valence-electron chi connectivity index (χ4n) is 4.47. The summed E-state index contributed by atoms with van der Waals surface area (Å²) < 4.78 is 28.8. The van der Waals surface area contributed by atoms with Gasteiger partial charge in [-0.3, -0.25) is 9.58 Å². The summed E-state index contributed by atoms with van der Waals surface area (Å²) in [5.41, 5.74) is 4.22. The predicted molar refractivity (Wildman–Crippen MR) is 115 cm³/mol. The Hall–Kier alpha value is -1.70. The molecule has 0 aliphatic heterocycles. The van der Waals surface area contributed by atoms with Gasteiger partial charge in [0.05, 0.1) is 11.7 Å². The number of amides is 1. The van der Waals surface area contributed by atoms with Gasteiger partial charge in [-0.1, -0.05) is 32.1 Å². The highest BCUT2D eigenvalue weighted by molar-refractivity contribution is 5.88. The Balaban J connectivity index is 1.98. The minimum absolute atomic E-state index is 0.00963. The van der Waals surface area contributed by atoms with Gasteiger partial charge in [-0.05, 0) is 65.3 Å². The van der Waals surface area contributed by atoms with E-state index in [0.717, 1.165) is 43.5 Å². The first kappa shape index (κ1) is 24.6. The van der Waals surface area contributed by atoms with Crippen molar-refractivity contribution in [1.29, 1.82) is 0 Å². The van der Waals surface area contributed by atoms with E-state index in [1.807, 2.05) is 0 Å². The smallest absolute Gasteiger partial charge is 0.412 e. The van der Waals surface area contributed by atoms with Gasteiger partial charge in [-0.2, -0.15) is 5.10 Å². The topological polar surface area (TPSA) is 84.4 Å². The Morgan fingerprint density at radius 3 is 2.33 bits per heavy atom. The quantitative estimate of drug-likeness (QED) is 0.439. The van der Waals surface area contributed by atoms with Gasteiger partial charge in [0, 0.05) is 11.7 Å². The molecule has 3 N–H and O–H groups in total. The van der Waals surface area contributed by atoms with Crippen molar-refractivity contribution in [3.8, 4) is 0 Å². The van der Waals surface area contributed by atoms with Crippen LogP contribution in [0.15, 0.2) is 6.20 Å². The molecule has 1 saturated carbocycles. The maximum absolute atomic E-state index is 13.6. The number of unbranched alkanes of at least 4 members (excludes halogenated alkanes) is 4. The number of hydrogen-bond donors (Lipinski definition) is 2. The van der Waals surface area contributed by atoms with Crippen LogP contribution in [0.25, 0.3) is 0 Å². The predicted octanol–water partition coefficient (Wildman–Crippen LogP) is 6.13. The third kappa shape index (κ3) is 6.65. The van der Waals surface area contributed by atoms with Crippen molar-refractivity contribution in [1.82, 2.24) is 9.78 Å². The second-order valence-corrected chi connectivity index (χ2v) is 9.49. The van der Waals surface area contributed by atoms with E-state index in [4.69, 9.17) is 5.73 Å². The number of alkyl halides is 2. The fourth-order valence-corrected chi connectivity index (χ4v) is 4.47. The molecule has 0 unspecified atom stereocenters. The summed E-state index contributed by atoms with van der Waals surface area (Å²) in [6.45, 7) is 5.84. The second kappa shape index (κ2) is 11.1. The number of hydrogen-bond acceptors (Lipinski definition) is 3. The van der Waals surface area contributed by atoms with Crippen molar-refractivity contribution in [2.45, 2.75) is 103 Å². The Morgan fingerprint density at radius 1 is 1.20 bits per heavy atom. The minimum atomic E-state index is -2.82. The summed E-state index contributed by atoms with van der Waals surface area (Å²) in [5, 5.41) is 13.7. The molecule has 0 radical (unpaired) electrons. The number of nitrogens with zero attached hydrogens (tertiary/aromatic N) is 3. The third-order valence-corrected chi connectivity index (χ3v) is 6.06. The zero-order valence-electron chi connectivity index (χ0n) is 18.6. The molecule has 1 aromatic heterocycles. The maximum atomic E-state index is 13.6. The van der Waals surface area contributed by atoms with E-state index in [2.05, 4.69) is 5.10 Å². The molecule has 2 rings (SSSR count).